The number of benzene rings is 1. The van der Waals surface area contributed by atoms with E-state index < -0.39 is 11.6 Å². The predicted octanol–water partition coefficient (Wildman–Crippen LogP) is 3.98. The summed E-state index contributed by atoms with van der Waals surface area (Å²) in [6.45, 7) is 14.8. The summed E-state index contributed by atoms with van der Waals surface area (Å²) < 4.78 is 1.97. The molecule has 3 amide bonds. The molecule has 0 saturated carbocycles. The van der Waals surface area contributed by atoms with E-state index in [1.54, 1.807) is 0 Å². The fourth-order valence-electron chi connectivity index (χ4n) is 2.68. The summed E-state index contributed by atoms with van der Waals surface area (Å²) in [4.78, 5) is 23.9. The van der Waals surface area contributed by atoms with Crippen LogP contribution in [0.1, 0.15) is 54.0 Å². The van der Waals surface area contributed by atoms with E-state index in [4.69, 9.17) is 0 Å². The molecule has 1 heterocycles. The van der Waals surface area contributed by atoms with Gasteiger partial charge in [0.15, 0.2) is 11.0 Å². The van der Waals surface area contributed by atoms with Crippen LogP contribution in [0.5, 0.6) is 0 Å². The monoisotopic (exact) mass is 417 g/mol. The number of amides is 3. The Morgan fingerprint density at radius 1 is 1.03 bits per heavy atom. The molecule has 29 heavy (non-hydrogen) atoms. The van der Waals surface area contributed by atoms with Gasteiger partial charge in [0.05, 0.1) is 5.75 Å². The second-order valence-corrected chi connectivity index (χ2v) is 9.86. The standard InChI is InChI=1S/C21H31N5O2S/c1-8-26-17(14-9-11-15(12-10-14)20(2,3)4)24-25-19(26)29-13-16(27)22-18(28)23-21(5,6)7/h9-12H,8,13H2,1-7H3,(H2,22,23,27,28). The van der Waals surface area contributed by atoms with E-state index in [1.165, 1.54) is 17.3 Å². The summed E-state index contributed by atoms with van der Waals surface area (Å²) in [6, 6.07) is 7.82. The van der Waals surface area contributed by atoms with Gasteiger partial charge in [-0.1, -0.05) is 56.8 Å². The smallest absolute Gasteiger partial charge is 0.321 e. The molecule has 0 aliphatic rings. The molecule has 8 heteroatoms. The van der Waals surface area contributed by atoms with Crippen molar-refractivity contribution >= 4 is 23.7 Å². The van der Waals surface area contributed by atoms with Crippen molar-refractivity contribution in [3.8, 4) is 11.4 Å². The highest BCUT2D eigenvalue weighted by Crippen LogP contribution is 2.27. The SMILES string of the molecule is CCn1c(SCC(=O)NC(=O)NC(C)(C)C)nnc1-c1ccc(C(C)(C)C)cc1. The van der Waals surface area contributed by atoms with Crippen LogP contribution < -0.4 is 10.6 Å². The van der Waals surface area contributed by atoms with Gasteiger partial charge in [0.25, 0.3) is 0 Å². The Hall–Kier alpha value is -2.35. The van der Waals surface area contributed by atoms with Crippen molar-refractivity contribution < 1.29 is 9.59 Å². The molecule has 2 rings (SSSR count). The maximum atomic E-state index is 12.1. The molecule has 0 fully saturated rings. The summed E-state index contributed by atoms with van der Waals surface area (Å²) in [5, 5.41) is 14.2. The van der Waals surface area contributed by atoms with Crippen molar-refractivity contribution in [2.75, 3.05) is 5.75 Å². The highest BCUT2D eigenvalue weighted by atomic mass is 32.2. The van der Waals surface area contributed by atoms with Gasteiger partial charge in [0, 0.05) is 17.6 Å². The van der Waals surface area contributed by atoms with Crippen LogP contribution in [0.25, 0.3) is 11.4 Å². The molecule has 0 atom stereocenters. The third-order valence-electron chi connectivity index (χ3n) is 4.12. The lowest BCUT2D eigenvalue weighted by Gasteiger charge is -2.20. The number of hydrogen-bond acceptors (Lipinski definition) is 5. The Kier molecular flexibility index (Phi) is 7.11. The molecule has 1 aromatic carbocycles. The van der Waals surface area contributed by atoms with Crippen molar-refractivity contribution in [3.05, 3.63) is 29.8 Å². The Morgan fingerprint density at radius 2 is 1.66 bits per heavy atom. The van der Waals surface area contributed by atoms with E-state index in [0.29, 0.717) is 11.7 Å². The number of thioether (sulfide) groups is 1. The highest BCUT2D eigenvalue weighted by Gasteiger charge is 2.19. The fourth-order valence-corrected chi connectivity index (χ4v) is 3.48. The molecule has 0 unspecified atom stereocenters. The van der Waals surface area contributed by atoms with E-state index in [0.717, 1.165) is 11.4 Å². The lowest BCUT2D eigenvalue weighted by molar-refractivity contribution is -0.117. The molecule has 0 radical (unpaired) electrons. The molecule has 158 valence electrons. The van der Waals surface area contributed by atoms with Crippen LogP contribution in [0, 0.1) is 0 Å². The van der Waals surface area contributed by atoms with Crippen molar-refractivity contribution in [2.24, 2.45) is 0 Å². The van der Waals surface area contributed by atoms with Gasteiger partial charge in [-0.3, -0.25) is 10.1 Å². The van der Waals surface area contributed by atoms with Gasteiger partial charge < -0.3 is 9.88 Å². The molecular formula is C21H31N5O2S. The first-order valence-electron chi connectivity index (χ1n) is 9.69. The van der Waals surface area contributed by atoms with Gasteiger partial charge in [0.1, 0.15) is 0 Å². The number of carbonyl (C=O) groups is 2. The van der Waals surface area contributed by atoms with Crippen LogP contribution in [0.2, 0.25) is 0 Å². The number of aromatic nitrogens is 3. The molecule has 0 saturated heterocycles. The first-order valence-corrected chi connectivity index (χ1v) is 10.7. The predicted molar refractivity (Wildman–Crippen MR) is 117 cm³/mol. The van der Waals surface area contributed by atoms with Crippen molar-refractivity contribution in [1.82, 2.24) is 25.4 Å². The minimum absolute atomic E-state index is 0.0820. The van der Waals surface area contributed by atoms with Gasteiger partial charge >= 0.3 is 6.03 Å². The summed E-state index contributed by atoms with van der Waals surface area (Å²) in [5.74, 6) is 0.471. The van der Waals surface area contributed by atoms with Gasteiger partial charge in [-0.25, -0.2) is 4.79 Å². The molecule has 0 spiro atoms. The summed E-state index contributed by atoms with van der Waals surface area (Å²) >= 11 is 1.26. The first-order chi connectivity index (χ1) is 13.4. The van der Waals surface area contributed by atoms with Gasteiger partial charge in [0.2, 0.25) is 5.91 Å². The van der Waals surface area contributed by atoms with E-state index in [-0.39, 0.29) is 17.1 Å². The average Bonchev–Trinajstić information content (AvgIpc) is 3.00. The zero-order chi connectivity index (χ0) is 21.8. The van der Waals surface area contributed by atoms with Gasteiger partial charge in [-0.15, -0.1) is 10.2 Å². The zero-order valence-electron chi connectivity index (χ0n) is 18.3. The normalized spacial score (nSPS) is 12.0. The number of rotatable bonds is 5. The van der Waals surface area contributed by atoms with Crippen LogP contribution >= 0.6 is 11.8 Å². The second-order valence-electron chi connectivity index (χ2n) is 8.92. The van der Waals surface area contributed by atoms with Crippen LogP contribution in [-0.2, 0) is 16.8 Å². The lowest BCUT2D eigenvalue weighted by Crippen LogP contribution is -2.48. The number of hydrogen-bond donors (Lipinski definition) is 2. The van der Waals surface area contributed by atoms with Crippen molar-refractivity contribution in [3.63, 3.8) is 0 Å². The van der Waals surface area contributed by atoms with Crippen LogP contribution in [0.4, 0.5) is 4.79 Å². The average molecular weight is 418 g/mol. The molecule has 0 aliphatic carbocycles. The second kappa shape index (κ2) is 8.98. The molecule has 2 N–H and O–H groups in total. The quantitative estimate of drug-likeness (QED) is 0.719. The Balaban J connectivity index is 2.06. The van der Waals surface area contributed by atoms with Crippen LogP contribution in [-0.4, -0.2) is 38.0 Å². The van der Waals surface area contributed by atoms with E-state index >= 15 is 0 Å². The largest absolute Gasteiger partial charge is 0.333 e. The molecule has 0 aliphatic heterocycles. The Labute approximate surface area is 177 Å². The maximum Gasteiger partial charge on any atom is 0.321 e. The van der Waals surface area contributed by atoms with E-state index in [1.807, 2.05) is 32.3 Å². The number of nitrogens with zero attached hydrogens (tertiary/aromatic N) is 3. The van der Waals surface area contributed by atoms with Crippen molar-refractivity contribution in [2.45, 2.75) is 71.1 Å². The van der Waals surface area contributed by atoms with Crippen molar-refractivity contribution in [1.29, 1.82) is 0 Å². The summed E-state index contributed by atoms with van der Waals surface area (Å²) in [6.07, 6.45) is 0. The van der Waals surface area contributed by atoms with Crippen LogP contribution in [0.15, 0.2) is 29.4 Å². The maximum absolute atomic E-state index is 12.1. The molecular weight excluding hydrogens is 386 g/mol. The third kappa shape index (κ3) is 6.59. The molecule has 2 aromatic rings. The Bertz CT molecular complexity index is 861. The third-order valence-corrected chi connectivity index (χ3v) is 5.08. The van der Waals surface area contributed by atoms with Gasteiger partial charge in [-0.2, -0.15) is 0 Å². The van der Waals surface area contributed by atoms with E-state index in [2.05, 4.69) is 65.9 Å². The lowest BCUT2D eigenvalue weighted by atomic mass is 9.87. The fraction of sp³-hybridized carbons (Fsp3) is 0.524. The number of carbonyl (C=O) groups excluding carboxylic acids is 2. The zero-order valence-corrected chi connectivity index (χ0v) is 19.1. The van der Waals surface area contributed by atoms with E-state index in [9.17, 15) is 9.59 Å². The summed E-state index contributed by atoms with van der Waals surface area (Å²) in [7, 11) is 0. The first kappa shape index (κ1) is 22.9. The molecule has 1 aromatic heterocycles. The minimum Gasteiger partial charge on any atom is -0.333 e. The molecule has 7 nitrogen and oxygen atoms in total. The highest BCUT2D eigenvalue weighted by molar-refractivity contribution is 7.99. The number of imide groups is 1. The van der Waals surface area contributed by atoms with Gasteiger partial charge in [-0.05, 0) is 38.7 Å². The number of urea groups is 1. The summed E-state index contributed by atoms with van der Waals surface area (Å²) in [5.41, 5.74) is 1.92. The topological polar surface area (TPSA) is 88.9 Å². The minimum atomic E-state index is -0.500. The van der Waals surface area contributed by atoms with Crippen LogP contribution in [0.3, 0.4) is 0 Å². The Morgan fingerprint density at radius 3 is 2.17 bits per heavy atom. The molecule has 0 bridgehead atoms. The number of nitrogens with one attached hydrogen (secondary N) is 2.